The van der Waals surface area contributed by atoms with Gasteiger partial charge in [-0.1, -0.05) is 26.0 Å². The lowest BCUT2D eigenvalue weighted by molar-refractivity contribution is 0.0131. The smallest absolute Gasteiger partial charge is 0.0605 e. The highest BCUT2D eigenvalue weighted by Gasteiger charge is 2.13. The molecule has 84 valence electrons. The summed E-state index contributed by atoms with van der Waals surface area (Å²) in [6.07, 6.45) is 8.53. The summed E-state index contributed by atoms with van der Waals surface area (Å²) in [6.45, 7) is 8.71. The van der Waals surface area contributed by atoms with Crippen LogP contribution in [0.25, 0.3) is 0 Å². The maximum absolute atomic E-state index is 2.32. The van der Waals surface area contributed by atoms with Crippen molar-refractivity contribution in [3.63, 3.8) is 0 Å². The predicted molar refractivity (Wildman–Crippen MR) is 67.0 cm³/mol. The van der Waals surface area contributed by atoms with E-state index < -0.39 is 0 Å². The van der Waals surface area contributed by atoms with Gasteiger partial charge in [-0.05, 0) is 13.0 Å². The largest absolute Gasteiger partial charge is 0.306 e. The molecule has 14 heavy (non-hydrogen) atoms. The van der Waals surface area contributed by atoms with Crippen LogP contribution in [0.2, 0.25) is 0 Å². The first-order valence-corrected chi connectivity index (χ1v) is 4.67. The van der Waals surface area contributed by atoms with Crippen molar-refractivity contribution in [2.24, 2.45) is 0 Å². The van der Waals surface area contributed by atoms with Crippen molar-refractivity contribution in [3.05, 3.63) is 24.4 Å². The number of rotatable bonds is 3. The SMILES string of the molecule is CCN(CC)N1C=CC=CC1C.Cl.Cl. The number of hydrogen-bond acceptors (Lipinski definition) is 2. The molecule has 0 aromatic carbocycles. The highest BCUT2D eigenvalue weighted by Crippen LogP contribution is 2.10. The molecule has 2 nitrogen and oxygen atoms in total. The number of hydrogen-bond donors (Lipinski definition) is 0. The Bertz CT molecular complexity index is 189. The molecule has 0 radical (unpaired) electrons. The van der Waals surface area contributed by atoms with Gasteiger partial charge in [-0.3, -0.25) is 0 Å². The first-order chi connectivity index (χ1) is 5.79. The molecule has 4 heteroatoms. The van der Waals surface area contributed by atoms with Crippen LogP contribution in [0.3, 0.4) is 0 Å². The second-order valence-corrected chi connectivity index (χ2v) is 2.99. The quantitative estimate of drug-likeness (QED) is 0.747. The first-order valence-electron chi connectivity index (χ1n) is 4.67. The molecule has 0 spiro atoms. The summed E-state index contributed by atoms with van der Waals surface area (Å²) in [4.78, 5) is 0. The van der Waals surface area contributed by atoms with Crippen LogP contribution in [-0.2, 0) is 0 Å². The molecular formula is C10H20Cl2N2. The van der Waals surface area contributed by atoms with Crippen molar-refractivity contribution in [2.75, 3.05) is 13.1 Å². The molecule has 0 saturated heterocycles. The fourth-order valence-corrected chi connectivity index (χ4v) is 1.49. The molecule has 0 bridgehead atoms. The molecule has 0 saturated carbocycles. The van der Waals surface area contributed by atoms with Crippen molar-refractivity contribution >= 4 is 24.8 Å². The van der Waals surface area contributed by atoms with E-state index >= 15 is 0 Å². The molecule has 1 unspecified atom stereocenters. The van der Waals surface area contributed by atoms with E-state index in [0.29, 0.717) is 6.04 Å². The van der Waals surface area contributed by atoms with Crippen molar-refractivity contribution in [2.45, 2.75) is 26.8 Å². The van der Waals surface area contributed by atoms with Gasteiger partial charge in [0.05, 0.1) is 6.04 Å². The monoisotopic (exact) mass is 238 g/mol. The lowest BCUT2D eigenvalue weighted by atomic mass is 10.2. The summed E-state index contributed by atoms with van der Waals surface area (Å²) >= 11 is 0. The van der Waals surface area contributed by atoms with Gasteiger partial charge in [-0.2, -0.15) is 0 Å². The van der Waals surface area contributed by atoms with Gasteiger partial charge < -0.3 is 5.01 Å². The first kappa shape index (κ1) is 16.3. The Morgan fingerprint density at radius 1 is 1.14 bits per heavy atom. The minimum absolute atomic E-state index is 0. The zero-order chi connectivity index (χ0) is 8.97. The van der Waals surface area contributed by atoms with E-state index in [2.05, 4.69) is 55.2 Å². The molecule has 0 aromatic heterocycles. The summed E-state index contributed by atoms with van der Waals surface area (Å²) in [7, 11) is 0. The second-order valence-electron chi connectivity index (χ2n) is 2.99. The van der Waals surface area contributed by atoms with E-state index in [1.807, 2.05) is 0 Å². The molecule has 1 atom stereocenters. The second kappa shape index (κ2) is 8.16. The average Bonchev–Trinajstić information content (AvgIpc) is 2.10. The van der Waals surface area contributed by atoms with E-state index in [4.69, 9.17) is 0 Å². The molecule has 0 amide bonds. The molecule has 1 rings (SSSR count). The third kappa shape index (κ3) is 3.91. The van der Waals surface area contributed by atoms with Gasteiger partial charge in [0.15, 0.2) is 0 Å². The van der Waals surface area contributed by atoms with Crippen LogP contribution >= 0.6 is 24.8 Å². The fraction of sp³-hybridized carbons (Fsp3) is 0.600. The lowest BCUT2D eigenvalue weighted by Gasteiger charge is -2.37. The maximum Gasteiger partial charge on any atom is 0.0605 e. The van der Waals surface area contributed by atoms with E-state index in [9.17, 15) is 0 Å². The van der Waals surface area contributed by atoms with Crippen LogP contribution in [0.5, 0.6) is 0 Å². The van der Waals surface area contributed by atoms with Crippen molar-refractivity contribution < 1.29 is 0 Å². The van der Waals surface area contributed by atoms with Gasteiger partial charge >= 0.3 is 0 Å². The standard InChI is InChI=1S/C10H18N2.2ClH/c1-4-11(5-2)12-9-7-6-8-10(12)3;;/h6-10H,4-5H2,1-3H3;2*1H. The summed E-state index contributed by atoms with van der Waals surface area (Å²) in [5, 5.41) is 4.60. The summed E-state index contributed by atoms with van der Waals surface area (Å²) < 4.78 is 0. The molecule has 1 heterocycles. The maximum atomic E-state index is 2.32. The minimum Gasteiger partial charge on any atom is -0.306 e. The van der Waals surface area contributed by atoms with Crippen LogP contribution in [-0.4, -0.2) is 29.1 Å². The average molecular weight is 239 g/mol. The van der Waals surface area contributed by atoms with Gasteiger partial charge in [0.2, 0.25) is 0 Å². The third-order valence-electron chi connectivity index (χ3n) is 2.21. The normalized spacial score (nSPS) is 19.1. The molecule has 1 aliphatic rings. The Morgan fingerprint density at radius 2 is 1.71 bits per heavy atom. The van der Waals surface area contributed by atoms with E-state index in [-0.39, 0.29) is 24.8 Å². The molecular weight excluding hydrogens is 219 g/mol. The predicted octanol–water partition coefficient (Wildman–Crippen LogP) is 2.86. The van der Waals surface area contributed by atoms with E-state index in [1.54, 1.807) is 0 Å². The zero-order valence-electron chi connectivity index (χ0n) is 9.01. The molecule has 0 N–H and O–H groups in total. The highest BCUT2D eigenvalue weighted by molar-refractivity contribution is 5.85. The summed E-state index contributed by atoms with van der Waals surface area (Å²) in [5.41, 5.74) is 0. The Balaban J connectivity index is 0. The lowest BCUT2D eigenvalue weighted by Crippen LogP contribution is -2.43. The topological polar surface area (TPSA) is 6.48 Å². The number of halogens is 2. The molecule has 0 aromatic rings. The molecule has 0 aliphatic carbocycles. The van der Waals surface area contributed by atoms with Crippen LogP contribution < -0.4 is 0 Å². The summed E-state index contributed by atoms with van der Waals surface area (Å²) in [6, 6.07) is 0.495. The molecule has 0 fully saturated rings. The zero-order valence-corrected chi connectivity index (χ0v) is 10.6. The van der Waals surface area contributed by atoms with E-state index in [1.165, 1.54) is 0 Å². The number of nitrogens with zero attached hydrogens (tertiary/aromatic N) is 2. The fourth-order valence-electron chi connectivity index (χ4n) is 1.49. The van der Waals surface area contributed by atoms with Gasteiger partial charge in [0.1, 0.15) is 0 Å². The van der Waals surface area contributed by atoms with Crippen LogP contribution in [0.4, 0.5) is 0 Å². The number of hydrazine groups is 1. The van der Waals surface area contributed by atoms with Crippen molar-refractivity contribution in [1.29, 1.82) is 0 Å². The van der Waals surface area contributed by atoms with Crippen LogP contribution in [0, 0.1) is 0 Å². The summed E-state index contributed by atoms with van der Waals surface area (Å²) in [5.74, 6) is 0. The van der Waals surface area contributed by atoms with Gasteiger partial charge in [-0.15, -0.1) is 24.8 Å². The van der Waals surface area contributed by atoms with Crippen LogP contribution in [0.1, 0.15) is 20.8 Å². The van der Waals surface area contributed by atoms with Gasteiger partial charge in [0.25, 0.3) is 0 Å². The number of allylic oxidation sites excluding steroid dienone is 2. The van der Waals surface area contributed by atoms with Crippen molar-refractivity contribution in [1.82, 2.24) is 10.0 Å². The van der Waals surface area contributed by atoms with Crippen LogP contribution in [0.15, 0.2) is 24.4 Å². The molecule has 1 aliphatic heterocycles. The Kier molecular flexibility index (Phi) is 9.47. The Morgan fingerprint density at radius 3 is 2.14 bits per heavy atom. The van der Waals surface area contributed by atoms with Crippen molar-refractivity contribution in [3.8, 4) is 0 Å². The van der Waals surface area contributed by atoms with Gasteiger partial charge in [-0.25, -0.2) is 5.01 Å². The van der Waals surface area contributed by atoms with E-state index in [0.717, 1.165) is 13.1 Å². The Hall–Kier alpha value is -0.180. The Labute approximate surface area is 99.4 Å². The minimum atomic E-state index is 0. The van der Waals surface area contributed by atoms with Gasteiger partial charge in [0, 0.05) is 19.3 Å². The third-order valence-corrected chi connectivity index (χ3v) is 2.21. The highest BCUT2D eigenvalue weighted by atomic mass is 35.5.